The lowest BCUT2D eigenvalue weighted by Crippen LogP contribution is -2.26. The van der Waals surface area contributed by atoms with E-state index in [0.29, 0.717) is 50.6 Å². The molecule has 0 fully saturated rings. The third-order valence-corrected chi connectivity index (χ3v) is 8.95. The van der Waals surface area contributed by atoms with Crippen LogP contribution in [0.3, 0.4) is 0 Å². The van der Waals surface area contributed by atoms with Gasteiger partial charge in [0.1, 0.15) is 17.4 Å². The number of aromatic amines is 1. The van der Waals surface area contributed by atoms with Gasteiger partial charge in [-0.25, -0.2) is 13.8 Å². The Morgan fingerprint density at radius 2 is 1.93 bits per heavy atom. The molecule has 6 heteroatoms. The lowest BCUT2D eigenvalue weighted by molar-refractivity contribution is 0.209. The number of fused-ring (bicyclic) bond motifs is 2. The molecule has 1 aliphatic rings. The highest BCUT2D eigenvalue weighted by Crippen LogP contribution is 2.42. The highest BCUT2D eigenvalue weighted by molar-refractivity contribution is 6.34. The van der Waals surface area contributed by atoms with E-state index in [9.17, 15) is 0 Å². The van der Waals surface area contributed by atoms with Gasteiger partial charge in [-0.3, -0.25) is 0 Å². The average molecular weight is 559 g/mol. The van der Waals surface area contributed by atoms with Gasteiger partial charge in [0.2, 0.25) is 0 Å². The minimum absolute atomic E-state index is 0.210. The van der Waals surface area contributed by atoms with E-state index in [2.05, 4.69) is 30.7 Å². The molecule has 0 radical (unpaired) electrons. The largest absolute Gasteiger partial charge is 0.468 e. The van der Waals surface area contributed by atoms with Gasteiger partial charge in [-0.2, -0.15) is 0 Å². The molecule has 2 heterocycles. The fraction of sp³-hybridized carbons (Fsp3) is 0.324. The quantitative estimate of drug-likeness (QED) is 0.233. The Morgan fingerprint density at radius 1 is 1.10 bits per heavy atom. The van der Waals surface area contributed by atoms with E-state index >= 15 is 8.78 Å². The van der Waals surface area contributed by atoms with Gasteiger partial charge in [-0.05, 0) is 77.5 Å². The number of aromatic nitrogens is 2. The summed E-state index contributed by atoms with van der Waals surface area (Å²) in [5.41, 5.74) is 6.88. The SMILES string of the molecule is CC(Cc1cc(-c2coc3c2CC(C(C)(C)C)CC3)ccc1F)c1cccc(-c2c(Cl)ccc3nc[nH]c23)c1F. The van der Waals surface area contributed by atoms with Gasteiger partial charge in [0, 0.05) is 28.7 Å². The third-order valence-electron chi connectivity index (χ3n) is 8.63. The molecule has 0 saturated carbocycles. The van der Waals surface area contributed by atoms with Crippen molar-refractivity contribution in [3.8, 4) is 22.3 Å². The predicted molar refractivity (Wildman–Crippen MR) is 158 cm³/mol. The first kappa shape index (κ1) is 26.8. The summed E-state index contributed by atoms with van der Waals surface area (Å²) < 4.78 is 37.2. The molecule has 0 bridgehead atoms. The molecule has 2 unspecified atom stereocenters. The maximum Gasteiger partial charge on any atom is 0.134 e. The van der Waals surface area contributed by atoms with Crippen molar-refractivity contribution < 1.29 is 13.2 Å². The zero-order valence-corrected chi connectivity index (χ0v) is 24.0. The fourth-order valence-corrected chi connectivity index (χ4v) is 6.46. The van der Waals surface area contributed by atoms with Crippen LogP contribution < -0.4 is 0 Å². The molecular weight excluding hydrogens is 526 g/mol. The maximum absolute atomic E-state index is 16.1. The van der Waals surface area contributed by atoms with E-state index in [1.54, 1.807) is 30.6 Å². The second-order valence-corrected chi connectivity index (χ2v) is 12.6. The summed E-state index contributed by atoms with van der Waals surface area (Å²) >= 11 is 6.53. The smallest absolute Gasteiger partial charge is 0.134 e. The summed E-state index contributed by atoms with van der Waals surface area (Å²) in [6, 6.07) is 14.1. The van der Waals surface area contributed by atoms with Crippen molar-refractivity contribution in [2.24, 2.45) is 11.3 Å². The van der Waals surface area contributed by atoms with Crippen LogP contribution in [-0.4, -0.2) is 9.97 Å². The van der Waals surface area contributed by atoms with Crippen LogP contribution in [0, 0.1) is 23.0 Å². The Bertz CT molecular complexity index is 1710. The number of aryl methyl sites for hydroxylation is 1. The Morgan fingerprint density at radius 3 is 2.73 bits per heavy atom. The molecule has 5 aromatic rings. The molecule has 6 rings (SSSR count). The highest BCUT2D eigenvalue weighted by Gasteiger charge is 2.32. The number of benzene rings is 3. The van der Waals surface area contributed by atoms with Crippen molar-refractivity contribution in [3.63, 3.8) is 0 Å². The van der Waals surface area contributed by atoms with Crippen LogP contribution in [0.1, 0.15) is 62.5 Å². The zero-order chi connectivity index (χ0) is 28.2. The van der Waals surface area contributed by atoms with Crippen molar-refractivity contribution in [2.45, 2.75) is 59.3 Å². The monoisotopic (exact) mass is 558 g/mol. The van der Waals surface area contributed by atoms with Crippen LogP contribution in [0.4, 0.5) is 8.78 Å². The van der Waals surface area contributed by atoms with E-state index in [0.717, 1.165) is 36.1 Å². The molecule has 40 heavy (non-hydrogen) atoms. The third kappa shape index (κ3) is 4.75. The minimum atomic E-state index is -0.354. The van der Waals surface area contributed by atoms with Gasteiger partial charge in [0.15, 0.2) is 0 Å². The van der Waals surface area contributed by atoms with E-state index in [1.165, 1.54) is 11.6 Å². The summed E-state index contributed by atoms with van der Waals surface area (Å²) in [4.78, 5) is 7.37. The Hall–Kier alpha value is -3.44. The van der Waals surface area contributed by atoms with Crippen molar-refractivity contribution in [1.82, 2.24) is 9.97 Å². The topological polar surface area (TPSA) is 41.8 Å². The van der Waals surface area contributed by atoms with Crippen LogP contribution in [-0.2, 0) is 19.3 Å². The molecular formula is C34H33ClF2N2O. The molecule has 3 aromatic carbocycles. The standard InChI is InChI=1S/C34H33ClF2N2O/c1-19(23-6-5-7-24(32(23)37)31-27(35)10-12-29-33(31)39-18-38-29)14-21-15-20(8-11-28(21)36)26-17-40-30-13-9-22(16-25(26)30)34(2,3)4/h5-8,10-12,15,17-19,22H,9,13-14,16H2,1-4H3,(H,38,39). The van der Waals surface area contributed by atoms with Crippen LogP contribution in [0.5, 0.6) is 0 Å². The second-order valence-electron chi connectivity index (χ2n) is 12.2. The van der Waals surface area contributed by atoms with Crippen molar-refractivity contribution in [1.29, 1.82) is 0 Å². The zero-order valence-electron chi connectivity index (χ0n) is 23.2. The number of hydrogen-bond acceptors (Lipinski definition) is 2. The first-order chi connectivity index (χ1) is 19.1. The van der Waals surface area contributed by atoms with Crippen molar-refractivity contribution in [3.05, 3.63) is 100 Å². The van der Waals surface area contributed by atoms with Crippen LogP contribution in [0.25, 0.3) is 33.3 Å². The number of nitrogens with zero attached hydrogens (tertiary/aromatic N) is 1. The first-order valence-electron chi connectivity index (χ1n) is 13.9. The van der Waals surface area contributed by atoms with E-state index in [4.69, 9.17) is 16.0 Å². The predicted octanol–water partition coefficient (Wildman–Crippen LogP) is 9.92. The molecule has 1 N–H and O–H groups in total. The lowest BCUT2D eigenvalue weighted by Gasteiger charge is -2.33. The number of H-pyrrole nitrogens is 1. The highest BCUT2D eigenvalue weighted by atomic mass is 35.5. The number of nitrogens with one attached hydrogen (secondary N) is 1. The van der Waals surface area contributed by atoms with E-state index in [-0.39, 0.29) is 23.0 Å². The van der Waals surface area contributed by atoms with Crippen molar-refractivity contribution in [2.75, 3.05) is 0 Å². The summed E-state index contributed by atoms with van der Waals surface area (Å²) in [7, 11) is 0. The molecule has 0 aliphatic heterocycles. The lowest BCUT2D eigenvalue weighted by atomic mass is 9.71. The molecule has 0 amide bonds. The molecule has 0 spiro atoms. The van der Waals surface area contributed by atoms with Gasteiger partial charge in [-0.1, -0.05) is 63.6 Å². The molecule has 2 aromatic heterocycles. The Kier molecular flexibility index (Phi) is 6.82. The molecule has 3 nitrogen and oxygen atoms in total. The van der Waals surface area contributed by atoms with Gasteiger partial charge in [-0.15, -0.1) is 0 Å². The Labute approximate surface area is 238 Å². The number of rotatable bonds is 5. The van der Waals surface area contributed by atoms with Gasteiger partial charge < -0.3 is 9.40 Å². The number of halogens is 3. The fourth-order valence-electron chi connectivity index (χ4n) is 6.20. The van der Waals surface area contributed by atoms with Crippen LogP contribution >= 0.6 is 11.6 Å². The number of furan rings is 1. The average Bonchev–Trinajstić information content (AvgIpc) is 3.57. The molecule has 206 valence electrons. The van der Waals surface area contributed by atoms with Crippen LogP contribution in [0.15, 0.2) is 65.5 Å². The maximum atomic E-state index is 16.1. The van der Waals surface area contributed by atoms with Gasteiger partial charge in [0.25, 0.3) is 0 Å². The summed E-state index contributed by atoms with van der Waals surface area (Å²) in [6.07, 6.45) is 6.74. The molecule has 2 atom stereocenters. The van der Waals surface area contributed by atoms with Crippen LogP contribution in [0.2, 0.25) is 5.02 Å². The minimum Gasteiger partial charge on any atom is -0.468 e. The molecule has 1 aliphatic carbocycles. The number of imidazole rings is 1. The first-order valence-corrected chi connectivity index (χ1v) is 14.3. The van der Waals surface area contributed by atoms with Gasteiger partial charge in [0.05, 0.1) is 28.6 Å². The van der Waals surface area contributed by atoms with E-state index in [1.807, 2.05) is 31.4 Å². The summed E-state index contributed by atoms with van der Waals surface area (Å²) in [5.74, 6) is 0.690. The molecule has 0 saturated heterocycles. The van der Waals surface area contributed by atoms with E-state index < -0.39 is 0 Å². The van der Waals surface area contributed by atoms with Crippen molar-refractivity contribution >= 4 is 22.6 Å². The number of hydrogen-bond donors (Lipinski definition) is 1. The van der Waals surface area contributed by atoms with Gasteiger partial charge >= 0.3 is 0 Å². The Balaban J connectivity index is 1.32. The normalized spacial score (nSPS) is 16.3. The summed E-state index contributed by atoms with van der Waals surface area (Å²) in [6.45, 7) is 8.80. The summed E-state index contributed by atoms with van der Waals surface area (Å²) in [5, 5.41) is 0.441. The second kappa shape index (κ2) is 10.2.